The van der Waals surface area contributed by atoms with E-state index in [0.29, 0.717) is 90.5 Å². The predicted octanol–water partition coefficient (Wildman–Crippen LogP) is 8.35. The van der Waals surface area contributed by atoms with Crippen LogP contribution in [0, 0.1) is 11.8 Å². The van der Waals surface area contributed by atoms with Gasteiger partial charge in [0.15, 0.2) is 0 Å². The molecular formula is C45H81NO13. The third-order valence-electron chi connectivity index (χ3n) is 10.3. The molecule has 14 heteroatoms. The highest BCUT2D eigenvalue weighted by Gasteiger charge is 2.22. The molecule has 0 saturated carbocycles. The summed E-state index contributed by atoms with van der Waals surface area (Å²) in [5.41, 5.74) is 0. The Bertz CT molecular complexity index is 1090. The fraction of sp³-hybridized carbons (Fsp3) is 0.867. The molecule has 0 fully saturated rings. The summed E-state index contributed by atoms with van der Waals surface area (Å²) in [6, 6.07) is 0. The monoisotopic (exact) mass is 844 g/mol. The van der Waals surface area contributed by atoms with Crippen LogP contribution in [0.2, 0.25) is 0 Å². The zero-order valence-corrected chi connectivity index (χ0v) is 36.5. The van der Waals surface area contributed by atoms with Gasteiger partial charge in [-0.1, -0.05) is 103 Å². The maximum atomic E-state index is 12.3. The van der Waals surface area contributed by atoms with E-state index in [0.717, 1.165) is 38.5 Å². The lowest BCUT2D eigenvalue weighted by atomic mass is 9.96. The number of amides is 1. The molecule has 0 aromatic carbocycles. The van der Waals surface area contributed by atoms with E-state index in [1.807, 2.05) is 0 Å². The quantitative estimate of drug-likeness (QED) is 0.0425. The fourth-order valence-corrected chi connectivity index (χ4v) is 6.53. The smallest absolute Gasteiger partial charge is 0.306 e. The molecule has 0 saturated heterocycles. The Morgan fingerprint density at radius 2 is 0.864 bits per heavy atom. The van der Waals surface area contributed by atoms with E-state index in [2.05, 4.69) is 5.32 Å². The molecular weight excluding hydrogens is 762 g/mol. The number of hydrogen-bond acceptors (Lipinski definition) is 10. The number of hydrogen-bond donors (Lipinski definition) is 4. The summed E-state index contributed by atoms with van der Waals surface area (Å²) in [5.74, 6) is -4.25. The standard InChI is InChI=1S/C45H81NO13/c1-38(44(52)53)21-18-19-28-46-42(49)26-25-39(45(54)55)37-41(48)27-30-57-32-34-59-36-35-58-33-31-56-29-20-23-40(47)22-16-14-12-10-8-6-4-2-3-5-7-9-11-13-15-17-24-43(50)51/h38-39H,2-37H2,1H3,(H,46,49)(H,50,51)(H,52,53)(H,54,55)/t38-,39+/m0/s1. The van der Waals surface area contributed by atoms with Crippen molar-refractivity contribution in [3.63, 3.8) is 0 Å². The van der Waals surface area contributed by atoms with Gasteiger partial charge in [0.1, 0.15) is 11.6 Å². The molecule has 1 amide bonds. The Balaban J connectivity index is 3.48. The summed E-state index contributed by atoms with van der Waals surface area (Å²) in [7, 11) is 0. The predicted molar refractivity (Wildman–Crippen MR) is 227 cm³/mol. The number of carbonyl (C=O) groups is 6. The molecule has 14 nitrogen and oxygen atoms in total. The first kappa shape index (κ1) is 56.1. The van der Waals surface area contributed by atoms with Crippen LogP contribution in [0.5, 0.6) is 0 Å². The third-order valence-corrected chi connectivity index (χ3v) is 10.3. The zero-order chi connectivity index (χ0) is 43.6. The first-order valence-electron chi connectivity index (χ1n) is 22.8. The second-order valence-electron chi connectivity index (χ2n) is 15.8. The van der Waals surface area contributed by atoms with Crippen molar-refractivity contribution in [2.45, 2.75) is 180 Å². The van der Waals surface area contributed by atoms with E-state index in [1.54, 1.807) is 6.92 Å². The lowest BCUT2D eigenvalue weighted by Gasteiger charge is -2.12. The Hall–Kier alpha value is -2.94. The first-order chi connectivity index (χ1) is 28.5. The van der Waals surface area contributed by atoms with Gasteiger partial charge >= 0.3 is 17.9 Å². The van der Waals surface area contributed by atoms with Crippen molar-refractivity contribution >= 4 is 35.4 Å². The van der Waals surface area contributed by atoms with Gasteiger partial charge in [0.05, 0.1) is 58.1 Å². The molecule has 4 N–H and O–H groups in total. The molecule has 0 unspecified atom stereocenters. The number of ether oxygens (including phenoxy) is 4. The summed E-state index contributed by atoms with van der Waals surface area (Å²) < 4.78 is 22.0. The highest BCUT2D eigenvalue weighted by Crippen LogP contribution is 2.16. The molecule has 0 bridgehead atoms. The normalized spacial score (nSPS) is 12.3. The molecule has 0 rings (SSSR count). The van der Waals surface area contributed by atoms with Crippen LogP contribution in [0.15, 0.2) is 0 Å². The summed E-state index contributed by atoms with van der Waals surface area (Å²) in [6.07, 6.45) is 23.3. The first-order valence-corrected chi connectivity index (χ1v) is 22.8. The van der Waals surface area contributed by atoms with Gasteiger partial charge in [-0.15, -0.1) is 0 Å². The number of unbranched alkanes of at least 4 members (excludes halogenated alkanes) is 16. The lowest BCUT2D eigenvalue weighted by Crippen LogP contribution is -2.27. The van der Waals surface area contributed by atoms with Crippen molar-refractivity contribution in [3.8, 4) is 0 Å². The average Bonchev–Trinajstić information content (AvgIpc) is 3.19. The van der Waals surface area contributed by atoms with Gasteiger partial charge in [0.25, 0.3) is 0 Å². The molecule has 0 radical (unpaired) electrons. The van der Waals surface area contributed by atoms with Crippen molar-refractivity contribution in [3.05, 3.63) is 0 Å². The van der Waals surface area contributed by atoms with E-state index < -0.39 is 29.7 Å². The number of Topliss-reactive ketones (excluding diaryl/α,β-unsaturated/α-hetero) is 2. The number of rotatable bonds is 47. The highest BCUT2D eigenvalue weighted by atomic mass is 16.6. The van der Waals surface area contributed by atoms with E-state index in [-0.39, 0.29) is 50.6 Å². The van der Waals surface area contributed by atoms with Crippen LogP contribution in [0.4, 0.5) is 0 Å². The zero-order valence-electron chi connectivity index (χ0n) is 36.5. The fourth-order valence-electron chi connectivity index (χ4n) is 6.53. The highest BCUT2D eigenvalue weighted by molar-refractivity contribution is 5.84. The minimum Gasteiger partial charge on any atom is -0.481 e. The van der Waals surface area contributed by atoms with E-state index in [1.165, 1.54) is 70.6 Å². The third kappa shape index (κ3) is 41.6. The van der Waals surface area contributed by atoms with Crippen LogP contribution in [-0.4, -0.2) is 110 Å². The number of carboxylic acids is 3. The van der Waals surface area contributed by atoms with Gasteiger partial charge in [0, 0.05) is 51.7 Å². The summed E-state index contributed by atoms with van der Waals surface area (Å²) in [4.78, 5) is 69.4. The number of carbonyl (C=O) groups excluding carboxylic acids is 3. The van der Waals surface area contributed by atoms with Gasteiger partial charge in [0.2, 0.25) is 5.91 Å². The maximum absolute atomic E-state index is 12.3. The molecule has 0 spiro atoms. The van der Waals surface area contributed by atoms with Gasteiger partial charge in [-0.3, -0.25) is 28.8 Å². The molecule has 0 aromatic rings. The SMILES string of the molecule is C[C@@H](CCCCNC(=O)CC[C@H](CC(=O)CCOCCOCCOCCOCCCC(=O)CCCCCCCCCCCCCCCCCCC(=O)O)C(=O)O)C(=O)O. The molecule has 0 aliphatic carbocycles. The second-order valence-corrected chi connectivity index (χ2v) is 15.8. The minimum atomic E-state index is -1.12. The minimum absolute atomic E-state index is 0.00356. The molecule has 2 atom stereocenters. The number of aliphatic carboxylic acids is 3. The van der Waals surface area contributed by atoms with E-state index in [9.17, 15) is 33.9 Å². The molecule has 0 aliphatic heterocycles. The molecule has 0 heterocycles. The molecule has 0 aromatic heterocycles. The summed E-state index contributed by atoms with van der Waals surface area (Å²) in [6.45, 7) is 5.03. The second kappa shape index (κ2) is 41.8. The van der Waals surface area contributed by atoms with Gasteiger partial charge in [-0.2, -0.15) is 0 Å². The summed E-state index contributed by atoms with van der Waals surface area (Å²) >= 11 is 0. The largest absolute Gasteiger partial charge is 0.481 e. The van der Waals surface area contributed by atoms with Crippen molar-refractivity contribution in [2.24, 2.45) is 11.8 Å². The van der Waals surface area contributed by atoms with E-state index >= 15 is 0 Å². The molecule has 59 heavy (non-hydrogen) atoms. The topological polar surface area (TPSA) is 212 Å². The Labute approximate surface area is 354 Å². The van der Waals surface area contributed by atoms with Crippen LogP contribution in [0.1, 0.15) is 180 Å². The van der Waals surface area contributed by atoms with Crippen LogP contribution in [0.3, 0.4) is 0 Å². The van der Waals surface area contributed by atoms with Crippen LogP contribution in [0.25, 0.3) is 0 Å². The molecule has 344 valence electrons. The average molecular weight is 844 g/mol. The van der Waals surface area contributed by atoms with Crippen LogP contribution >= 0.6 is 0 Å². The van der Waals surface area contributed by atoms with Crippen molar-refractivity contribution in [1.29, 1.82) is 0 Å². The maximum Gasteiger partial charge on any atom is 0.306 e. The van der Waals surface area contributed by atoms with Crippen molar-refractivity contribution < 1.29 is 63.0 Å². The van der Waals surface area contributed by atoms with Gasteiger partial charge in [-0.25, -0.2) is 0 Å². The van der Waals surface area contributed by atoms with Crippen molar-refractivity contribution in [1.82, 2.24) is 5.32 Å². The Morgan fingerprint density at radius 1 is 0.424 bits per heavy atom. The van der Waals surface area contributed by atoms with Crippen LogP contribution < -0.4 is 5.32 Å². The molecule has 0 aliphatic rings. The Morgan fingerprint density at radius 3 is 1.34 bits per heavy atom. The number of nitrogens with one attached hydrogen (secondary N) is 1. The number of ketones is 2. The van der Waals surface area contributed by atoms with Gasteiger partial charge < -0.3 is 39.6 Å². The van der Waals surface area contributed by atoms with Gasteiger partial charge in [-0.05, 0) is 38.5 Å². The van der Waals surface area contributed by atoms with Crippen LogP contribution in [-0.2, 0) is 47.7 Å². The Kier molecular flexibility index (Phi) is 39.7. The lowest BCUT2D eigenvalue weighted by molar-refractivity contribution is -0.144. The van der Waals surface area contributed by atoms with Crippen molar-refractivity contribution in [2.75, 3.05) is 59.4 Å². The summed E-state index contributed by atoms with van der Waals surface area (Å²) in [5, 5.41) is 29.7. The van der Waals surface area contributed by atoms with E-state index in [4.69, 9.17) is 29.2 Å². The number of carboxylic acid groups (broad SMARTS) is 3.